The normalized spacial score (nSPS) is 18.2. The number of piperidine rings is 1. The van der Waals surface area contributed by atoms with Crippen molar-refractivity contribution in [2.24, 2.45) is 7.05 Å². The number of likely N-dealkylation sites (tertiary alicyclic amines) is 1. The van der Waals surface area contributed by atoms with Crippen molar-refractivity contribution < 1.29 is 9.90 Å². The van der Waals surface area contributed by atoms with Gasteiger partial charge in [-0.1, -0.05) is 0 Å². The van der Waals surface area contributed by atoms with E-state index in [0.29, 0.717) is 25.4 Å². The third kappa shape index (κ3) is 3.55. The van der Waals surface area contributed by atoms with Crippen LogP contribution in [-0.2, 0) is 11.8 Å². The number of aryl methyl sites for hydroxylation is 1. The Morgan fingerprint density at radius 2 is 2.25 bits per heavy atom. The molecule has 112 valence electrons. The summed E-state index contributed by atoms with van der Waals surface area (Å²) in [6, 6.07) is 0. The zero-order chi connectivity index (χ0) is 14.5. The van der Waals surface area contributed by atoms with Crippen molar-refractivity contribution >= 4 is 17.7 Å². The lowest BCUT2D eigenvalue weighted by atomic mass is 9.95. The zero-order valence-corrected chi connectivity index (χ0v) is 13.0. The number of hydrogen-bond donors (Lipinski definition) is 1. The van der Waals surface area contributed by atoms with Crippen molar-refractivity contribution in [2.75, 3.05) is 25.1 Å². The highest BCUT2D eigenvalue weighted by atomic mass is 32.2. The molecule has 20 heavy (non-hydrogen) atoms. The molecule has 1 aliphatic heterocycles. The molecule has 1 atom stereocenters. The van der Waals surface area contributed by atoms with E-state index in [2.05, 4.69) is 9.55 Å². The van der Waals surface area contributed by atoms with Crippen LogP contribution in [0.3, 0.4) is 0 Å². The molecule has 0 bridgehead atoms. The Morgan fingerprint density at radius 1 is 1.55 bits per heavy atom. The summed E-state index contributed by atoms with van der Waals surface area (Å²) in [7, 11) is 2.01. The number of aliphatic hydroxyl groups excluding tert-OH is 1. The van der Waals surface area contributed by atoms with Crippen molar-refractivity contribution in [2.45, 2.75) is 31.3 Å². The second-order valence-corrected chi connectivity index (χ2v) is 6.28. The maximum absolute atomic E-state index is 12.1. The summed E-state index contributed by atoms with van der Waals surface area (Å²) in [6.07, 6.45) is 7.30. The summed E-state index contributed by atoms with van der Waals surface area (Å²) in [5, 5.41) is 9.87. The quantitative estimate of drug-likeness (QED) is 0.888. The van der Waals surface area contributed by atoms with Crippen LogP contribution < -0.4 is 0 Å². The Labute approximate surface area is 124 Å². The molecule has 0 aliphatic carbocycles. The van der Waals surface area contributed by atoms with E-state index in [1.165, 1.54) is 0 Å². The lowest BCUT2D eigenvalue weighted by Crippen LogP contribution is -2.43. The molecular formula is C14H23N3O2S. The second-order valence-electron chi connectivity index (χ2n) is 5.29. The molecule has 0 radical (unpaired) electrons. The largest absolute Gasteiger partial charge is 0.383 e. The van der Waals surface area contributed by atoms with Crippen molar-refractivity contribution in [3.63, 3.8) is 0 Å². The van der Waals surface area contributed by atoms with Gasteiger partial charge in [0.15, 0.2) is 0 Å². The van der Waals surface area contributed by atoms with Crippen LogP contribution in [-0.4, -0.2) is 56.7 Å². The van der Waals surface area contributed by atoms with Gasteiger partial charge < -0.3 is 14.6 Å². The molecule has 0 saturated carbocycles. The van der Waals surface area contributed by atoms with E-state index < -0.39 is 6.10 Å². The van der Waals surface area contributed by atoms with Crippen LogP contribution >= 0.6 is 11.8 Å². The topological polar surface area (TPSA) is 58.4 Å². The van der Waals surface area contributed by atoms with Crippen molar-refractivity contribution in [3.05, 3.63) is 18.2 Å². The van der Waals surface area contributed by atoms with Crippen LogP contribution in [0.1, 0.15) is 31.0 Å². The SMILES string of the molecule is CSCC[C@H](O)C(=O)N1CCC(c2nccn2C)CC1. The van der Waals surface area contributed by atoms with Crippen LogP contribution in [0, 0.1) is 0 Å². The molecule has 1 saturated heterocycles. The molecule has 1 N–H and O–H groups in total. The van der Waals surface area contributed by atoms with E-state index in [0.717, 1.165) is 24.4 Å². The zero-order valence-electron chi connectivity index (χ0n) is 12.2. The Bertz CT molecular complexity index is 441. The van der Waals surface area contributed by atoms with E-state index in [-0.39, 0.29) is 5.91 Å². The molecule has 1 aromatic heterocycles. The summed E-state index contributed by atoms with van der Waals surface area (Å²) >= 11 is 1.65. The molecule has 2 rings (SSSR count). The van der Waals surface area contributed by atoms with Crippen LogP contribution in [0.15, 0.2) is 12.4 Å². The van der Waals surface area contributed by atoms with Gasteiger partial charge in [0.1, 0.15) is 11.9 Å². The molecule has 2 heterocycles. The Kier molecular flexibility index (Phi) is 5.48. The summed E-state index contributed by atoms with van der Waals surface area (Å²) in [4.78, 5) is 18.3. The van der Waals surface area contributed by atoms with Gasteiger partial charge in [-0.2, -0.15) is 11.8 Å². The Hall–Kier alpha value is -1.01. The molecule has 1 fully saturated rings. The molecule has 1 aromatic rings. The maximum atomic E-state index is 12.1. The van der Waals surface area contributed by atoms with Gasteiger partial charge in [-0.05, 0) is 31.3 Å². The van der Waals surface area contributed by atoms with Crippen molar-refractivity contribution in [3.8, 4) is 0 Å². The van der Waals surface area contributed by atoms with Crippen LogP contribution in [0.25, 0.3) is 0 Å². The Balaban J connectivity index is 1.85. The first kappa shape index (κ1) is 15.4. The lowest BCUT2D eigenvalue weighted by molar-refractivity contribution is -0.141. The number of aromatic nitrogens is 2. The molecule has 0 unspecified atom stereocenters. The first-order valence-corrected chi connectivity index (χ1v) is 8.46. The molecule has 1 aliphatic rings. The molecule has 6 heteroatoms. The third-order valence-electron chi connectivity index (χ3n) is 3.91. The summed E-state index contributed by atoms with van der Waals surface area (Å²) < 4.78 is 2.05. The third-order valence-corrected chi connectivity index (χ3v) is 4.55. The van der Waals surface area contributed by atoms with Gasteiger partial charge in [0, 0.05) is 38.4 Å². The number of hydrogen-bond acceptors (Lipinski definition) is 4. The van der Waals surface area contributed by atoms with E-state index in [9.17, 15) is 9.90 Å². The van der Waals surface area contributed by atoms with E-state index in [1.807, 2.05) is 25.7 Å². The first-order valence-electron chi connectivity index (χ1n) is 7.06. The van der Waals surface area contributed by atoms with Crippen LogP contribution in [0.4, 0.5) is 0 Å². The minimum absolute atomic E-state index is 0.114. The van der Waals surface area contributed by atoms with Crippen molar-refractivity contribution in [1.82, 2.24) is 14.5 Å². The van der Waals surface area contributed by atoms with Crippen LogP contribution in [0.2, 0.25) is 0 Å². The monoisotopic (exact) mass is 297 g/mol. The minimum atomic E-state index is -0.841. The highest BCUT2D eigenvalue weighted by Gasteiger charge is 2.28. The number of amides is 1. The van der Waals surface area contributed by atoms with Gasteiger partial charge in [-0.3, -0.25) is 4.79 Å². The fourth-order valence-corrected chi connectivity index (χ4v) is 3.15. The van der Waals surface area contributed by atoms with Gasteiger partial charge in [-0.25, -0.2) is 4.98 Å². The summed E-state index contributed by atoms with van der Waals surface area (Å²) in [5.74, 6) is 2.22. The number of imidazole rings is 1. The maximum Gasteiger partial charge on any atom is 0.251 e. The average Bonchev–Trinajstić information content (AvgIpc) is 2.90. The minimum Gasteiger partial charge on any atom is -0.383 e. The van der Waals surface area contributed by atoms with E-state index >= 15 is 0 Å². The van der Waals surface area contributed by atoms with Gasteiger partial charge in [0.05, 0.1) is 0 Å². The molecule has 5 nitrogen and oxygen atoms in total. The number of rotatable bonds is 5. The summed E-state index contributed by atoms with van der Waals surface area (Å²) in [5.41, 5.74) is 0. The fraction of sp³-hybridized carbons (Fsp3) is 0.714. The van der Waals surface area contributed by atoms with Gasteiger partial charge in [0.25, 0.3) is 5.91 Å². The highest BCUT2D eigenvalue weighted by molar-refractivity contribution is 7.98. The van der Waals surface area contributed by atoms with E-state index in [4.69, 9.17) is 0 Å². The van der Waals surface area contributed by atoms with Crippen molar-refractivity contribution in [1.29, 1.82) is 0 Å². The predicted octanol–water partition coefficient (Wildman–Crippen LogP) is 1.24. The molecule has 1 amide bonds. The standard InChI is InChI=1S/C14H23N3O2S/c1-16-9-6-15-13(16)11-3-7-17(8-4-11)14(19)12(18)5-10-20-2/h6,9,11-12,18H,3-5,7-8,10H2,1-2H3/t12-/m0/s1. The van der Waals surface area contributed by atoms with E-state index in [1.54, 1.807) is 16.7 Å². The predicted molar refractivity (Wildman–Crippen MR) is 80.8 cm³/mol. The second kappa shape index (κ2) is 7.13. The van der Waals surface area contributed by atoms with Gasteiger partial charge in [-0.15, -0.1) is 0 Å². The number of thioether (sulfide) groups is 1. The average molecular weight is 297 g/mol. The van der Waals surface area contributed by atoms with Gasteiger partial charge in [0.2, 0.25) is 0 Å². The number of nitrogens with zero attached hydrogens (tertiary/aromatic N) is 3. The Morgan fingerprint density at radius 3 is 2.80 bits per heavy atom. The molecule has 0 aromatic carbocycles. The number of aliphatic hydroxyl groups is 1. The number of carbonyl (C=O) groups is 1. The van der Waals surface area contributed by atoms with Gasteiger partial charge >= 0.3 is 0 Å². The molecular weight excluding hydrogens is 274 g/mol. The fourth-order valence-electron chi connectivity index (χ4n) is 2.69. The molecule has 0 spiro atoms. The highest BCUT2D eigenvalue weighted by Crippen LogP contribution is 2.26. The first-order chi connectivity index (χ1) is 9.63. The van der Waals surface area contributed by atoms with Crippen LogP contribution in [0.5, 0.6) is 0 Å². The number of carbonyl (C=O) groups excluding carboxylic acids is 1. The lowest BCUT2D eigenvalue weighted by Gasteiger charge is -2.33. The smallest absolute Gasteiger partial charge is 0.251 e. The summed E-state index contributed by atoms with van der Waals surface area (Å²) in [6.45, 7) is 1.43.